The first-order chi connectivity index (χ1) is 11.8. The van der Waals surface area contributed by atoms with E-state index in [4.69, 9.17) is 0 Å². The lowest BCUT2D eigenvalue weighted by Gasteiger charge is -2.08. The maximum Gasteiger partial charge on any atom is 0.282 e. The van der Waals surface area contributed by atoms with Crippen LogP contribution in [0, 0.1) is 17.0 Å². The molecule has 0 aliphatic rings. The quantitative estimate of drug-likeness (QED) is 0.440. The molecule has 0 fully saturated rings. The molecule has 2 N–H and O–H groups in total. The van der Waals surface area contributed by atoms with Gasteiger partial charge >= 0.3 is 0 Å². The number of rotatable bonds is 7. The lowest BCUT2D eigenvalue weighted by atomic mass is 10.1. The number of para-hydroxylation sites is 1. The van der Waals surface area contributed by atoms with E-state index in [9.17, 15) is 23.3 Å². The van der Waals surface area contributed by atoms with Crippen LogP contribution in [0.3, 0.4) is 0 Å². The van der Waals surface area contributed by atoms with E-state index < -0.39 is 20.9 Å². The third-order valence-corrected chi connectivity index (χ3v) is 4.86. The predicted molar refractivity (Wildman–Crippen MR) is 91.8 cm³/mol. The van der Waals surface area contributed by atoms with Crippen LogP contribution in [0.1, 0.15) is 15.9 Å². The normalized spacial score (nSPS) is 11.1. The van der Waals surface area contributed by atoms with E-state index in [1.807, 2.05) is 6.92 Å². The van der Waals surface area contributed by atoms with Crippen LogP contribution in [0.5, 0.6) is 0 Å². The summed E-state index contributed by atoms with van der Waals surface area (Å²) in [5.74, 6) is -0.637. The number of hydrogen-bond donors (Lipinski definition) is 2. The highest BCUT2D eigenvalue weighted by atomic mass is 32.2. The maximum atomic E-state index is 12.1. The van der Waals surface area contributed by atoms with E-state index >= 15 is 0 Å². The summed E-state index contributed by atoms with van der Waals surface area (Å²) in [7, 11) is -3.67. The average molecular weight is 363 g/mol. The van der Waals surface area contributed by atoms with Crippen molar-refractivity contribution in [2.75, 3.05) is 13.1 Å². The number of nitrogens with one attached hydrogen (secondary N) is 2. The van der Waals surface area contributed by atoms with Gasteiger partial charge in [0.25, 0.3) is 11.6 Å². The fourth-order valence-corrected chi connectivity index (χ4v) is 3.11. The van der Waals surface area contributed by atoms with Gasteiger partial charge in [-0.3, -0.25) is 14.9 Å². The third kappa shape index (κ3) is 4.85. The summed E-state index contributed by atoms with van der Waals surface area (Å²) in [5.41, 5.74) is 0.560. The van der Waals surface area contributed by atoms with E-state index in [1.54, 1.807) is 12.1 Å². The van der Waals surface area contributed by atoms with Crippen molar-refractivity contribution >= 4 is 21.6 Å². The fourth-order valence-electron chi connectivity index (χ4n) is 2.08. The molecule has 0 radical (unpaired) electrons. The highest BCUT2D eigenvalue weighted by Gasteiger charge is 2.19. The minimum absolute atomic E-state index is 0.00399. The predicted octanol–water partition coefficient (Wildman–Crippen LogP) is 1.61. The first-order valence-corrected chi connectivity index (χ1v) is 8.87. The van der Waals surface area contributed by atoms with Crippen LogP contribution in [-0.2, 0) is 10.0 Å². The molecule has 2 aromatic rings. The summed E-state index contributed by atoms with van der Waals surface area (Å²) < 4.78 is 26.5. The lowest BCUT2D eigenvalue weighted by molar-refractivity contribution is -0.385. The van der Waals surface area contributed by atoms with Crippen LogP contribution in [-0.4, -0.2) is 32.3 Å². The Morgan fingerprint density at radius 1 is 1.08 bits per heavy atom. The number of benzene rings is 2. The SMILES string of the molecule is Cc1ccc(S(=O)(=O)NCCNC(=O)c2ccccc2[N+](=O)[O-])cc1. The standard InChI is InChI=1S/C16H17N3O5S/c1-12-6-8-13(9-7-12)25(23,24)18-11-10-17-16(20)14-4-2-3-5-15(14)19(21)22/h2-9,18H,10-11H2,1H3,(H,17,20). The molecule has 0 aliphatic heterocycles. The van der Waals surface area contributed by atoms with Crippen molar-refractivity contribution in [1.82, 2.24) is 10.0 Å². The lowest BCUT2D eigenvalue weighted by Crippen LogP contribution is -2.34. The highest BCUT2D eigenvalue weighted by Crippen LogP contribution is 2.17. The Morgan fingerprint density at radius 2 is 1.72 bits per heavy atom. The molecule has 2 aromatic carbocycles. The molecule has 8 nitrogen and oxygen atoms in total. The first kappa shape index (κ1) is 18.6. The molecule has 25 heavy (non-hydrogen) atoms. The van der Waals surface area contributed by atoms with Gasteiger partial charge in [-0.1, -0.05) is 29.8 Å². The van der Waals surface area contributed by atoms with Crippen molar-refractivity contribution < 1.29 is 18.1 Å². The van der Waals surface area contributed by atoms with Gasteiger partial charge in [-0.05, 0) is 25.1 Å². The highest BCUT2D eigenvalue weighted by molar-refractivity contribution is 7.89. The number of nitro benzene ring substituents is 1. The Bertz CT molecular complexity index is 879. The Kier molecular flexibility index (Phi) is 5.84. The Hall–Kier alpha value is -2.78. The van der Waals surface area contributed by atoms with Gasteiger partial charge in [-0.15, -0.1) is 0 Å². The van der Waals surface area contributed by atoms with Crippen LogP contribution >= 0.6 is 0 Å². The molecule has 0 atom stereocenters. The fraction of sp³-hybridized carbons (Fsp3) is 0.188. The molecule has 2 rings (SSSR count). The topological polar surface area (TPSA) is 118 Å². The van der Waals surface area contributed by atoms with Crippen molar-refractivity contribution in [2.24, 2.45) is 0 Å². The van der Waals surface area contributed by atoms with Crippen LogP contribution in [0.4, 0.5) is 5.69 Å². The summed E-state index contributed by atoms with van der Waals surface area (Å²) in [6.07, 6.45) is 0. The molecule has 1 amide bonds. The van der Waals surface area contributed by atoms with Gasteiger partial charge in [0.15, 0.2) is 0 Å². The van der Waals surface area contributed by atoms with Crippen molar-refractivity contribution in [3.05, 3.63) is 69.8 Å². The van der Waals surface area contributed by atoms with Gasteiger partial charge in [0.1, 0.15) is 5.56 Å². The van der Waals surface area contributed by atoms with Gasteiger partial charge in [-0.2, -0.15) is 0 Å². The van der Waals surface area contributed by atoms with Crippen LogP contribution < -0.4 is 10.0 Å². The summed E-state index contributed by atoms with van der Waals surface area (Å²) >= 11 is 0. The number of sulfonamides is 1. The number of nitro groups is 1. The zero-order valence-corrected chi connectivity index (χ0v) is 14.2. The molecule has 0 bridgehead atoms. The molecule has 0 aromatic heterocycles. The van der Waals surface area contributed by atoms with Crippen LogP contribution in [0.25, 0.3) is 0 Å². The largest absolute Gasteiger partial charge is 0.351 e. The zero-order valence-electron chi connectivity index (χ0n) is 13.4. The number of carbonyl (C=O) groups excluding carboxylic acids is 1. The molecular weight excluding hydrogens is 346 g/mol. The summed E-state index contributed by atoms with van der Waals surface area (Å²) in [6.45, 7) is 1.81. The molecule has 0 saturated heterocycles. The molecule has 9 heteroatoms. The second-order valence-corrected chi connectivity index (χ2v) is 7.01. The Balaban J connectivity index is 1.92. The number of nitrogens with zero attached hydrogens (tertiary/aromatic N) is 1. The van der Waals surface area contributed by atoms with E-state index in [-0.39, 0.29) is 29.2 Å². The van der Waals surface area contributed by atoms with Gasteiger partial charge in [0.2, 0.25) is 10.0 Å². The minimum Gasteiger partial charge on any atom is -0.351 e. The van der Waals surface area contributed by atoms with E-state index in [0.717, 1.165) is 5.56 Å². The smallest absolute Gasteiger partial charge is 0.282 e. The van der Waals surface area contributed by atoms with Gasteiger partial charge in [-0.25, -0.2) is 13.1 Å². The molecule has 0 spiro atoms. The second kappa shape index (κ2) is 7.86. The summed E-state index contributed by atoms with van der Waals surface area (Å²) in [6, 6.07) is 11.9. The van der Waals surface area contributed by atoms with Gasteiger partial charge < -0.3 is 5.32 Å². The van der Waals surface area contributed by atoms with Crippen LogP contribution in [0.15, 0.2) is 53.4 Å². The van der Waals surface area contributed by atoms with Crippen molar-refractivity contribution in [3.63, 3.8) is 0 Å². The summed E-state index contributed by atoms with van der Waals surface area (Å²) in [5, 5.41) is 13.4. The van der Waals surface area contributed by atoms with E-state index in [2.05, 4.69) is 10.0 Å². The number of carbonyl (C=O) groups is 1. The van der Waals surface area contributed by atoms with E-state index in [1.165, 1.54) is 36.4 Å². The van der Waals surface area contributed by atoms with Crippen LogP contribution in [0.2, 0.25) is 0 Å². The molecule has 0 unspecified atom stereocenters. The number of aryl methyl sites for hydroxylation is 1. The first-order valence-electron chi connectivity index (χ1n) is 7.39. The third-order valence-electron chi connectivity index (χ3n) is 3.38. The maximum absolute atomic E-state index is 12.1. The van der Waals surface area contributed by atoms with Crippen molar-refractivity contribution in [3.8, 4) is 0 Å². The molecular formula is C16H17N3O5S. The summed E-state index contributed by atoms with van der Waals surface area (Å²) in [4.78, 5) is 22.4. The molecule has 0 saturated carbocycles. The zero-order chi connectivity index (χ0) is 18.4. The number of amides is 1. The second-order valence-electron chi connectivity index (χ2n) is 5.24. The van der Waals surface area contributed by atoms with Crippen molar-refractivity contribution in [1.29, 1.82) is 0 Å². The van der Waals surface area contributed by atoms with E-state index in [0.29, 0.717) is 0 Å². The van der Waals surface area contributed by atoms with Gasteiger partial charge in [0, 0.05) is 19.2 Å². The van der Waals surface area contributed by atoms with Gasteiger partial charge in [0.05, 0.1) is 9.82 Å². The minimum atomic E-state index is -3.67. The number of hydrogen-bond acceptors (Lipinski definition) is 5. The Morgan fingerprint density at radius 3 is 2.36 bits per heavy atom. The molecule has 132 valence electrons. The Labute approximate surface area is 145 Å². The monoisotopic (exact) mass is 363 g/mol. The molecule has 0 heterocycles. The van der Waals surface area contributed by atoms with Crippen molar-refractivity contribution in [2.45, 2.75) is 11.8 Å². The average Bonchev–Trinajstić information content (AvgIpc) is 2.59. The molecule has 0 aliphatic carbocycles.